The highest BCUT2D eigenvalue weighted by Gasteiger charge is 2.53. The highest BCUT2D eigenvalue weighted by molar-refractivity contribution is 5.88. The zero-order valence-corrected chi connectivity index (χ0v) is 7.34. The van der Waals surface area contributed by atoms with Gasteiger partial charge in [-0.2, -0.15) is 0 Å². The summed E-state index contributed by atoms with van der Waals surface area (Å²) in [7, 11) is 0. The molecule has 0 heterocycles. The molecule has 0 bridgehead atoms. The van der Waals surface area contributed by atoms with E-state index in [1.807, 2.05) is 19.1 Å². The molecule has 0 aliphatic heterocycles. The molecule has 0 aromatic carbocycles. The van der Waals surface area contributed by atoms with Crippen molar-refractivity contribution in [2.75, 3.05) is 0 Å². The largest absolute Gasteiger partial charge is 0.385 e. The molecule has 0 aromatic heterocycles. The smallest absolute Gasteiger partial charge is 0.142 e. The lowest BCUT2D eigenvalue weighted by Gasteiger charge is -2.41. The number of hydrogen-bond donors (Lipinski definition) is 1. The molecule has 66 valence electrons. The first kappa shape index (κ1) is 7.99. The lowest BCUT2D eigenvalue weighted by molar-refractivity contribution is -0.144. The molecule has 2 unspecified atom stereocenters. The number of ketones is 1. The summed E-state index contributed by atoms with van der Waals surface area (Å²) in [4.78, 5) is 11.6. The van der Waals surface area contributed by atoms with Gasteiger partial charge >= 0.3 is 0 Å². The van der Waals surface area contributed by atoms with Crippen molar-refractivity contribution in [1.82, 2.24) is 0 Å². The van der Waals surface area contributed by atoms with E-state index in [0.717, 1.165) is 12.8 Å². The Morgan fingerprint density at radius 3 is 3.00 bits per heavy atom. The van der Waals surface area contributed by atoms with Crippen LogP contribution < -0.4 is 0 Å². The Morgan fingerprint density at radius 2 is 2.33 bits per heavy atom. The van der Waals surface area contributed by atoms with Gasteiger partial charge in [0.15, 0.2) is 0 Å². The van der Waals surface area contributed by atoms with Crippen LogP contribution in [-0.2, 0) is 4.79 Å². The second-order valence-electron chi connectivity index (χ2n) is 4.14. The molecular weight excluding hydrogens is 152 g/mol. The van der Waals surface area contributed by atoms with E-state index in [-0.39, 0.29) is 5.78 Å². The van der Waals surface area contributed by atoms with Gasteiger partial charge in [0.2, 0.25) is 0 Å². The van der Waals surface area contributed by atoms with E-state index in [4.69, 9.17) is 0 Å². The van der Waals surface area contributed by atoms with Gasteiger partial charge in [0.1, 0.15) is 5.78 Å². The standard InChI is InChI=1S/C10H14O2/c1-9-5-3-7-10(9,12)6-2-4-8(9)11/h3,7,12H,2,4-6H2,1H3. The van der Waals surface area contributed by atoms with Crippen molar-refractivity contribution >= 4 is 5.78 Å². The third-order valence-electron chi connectivity index (χ3n) is 3.45. The van der Waals surface area contributed by atoms with E-state index in [1.54, 1.807) is 0 Å². The molecule has 2 aliphatic rings. The summed E-state index contributed by atoms with van der Waals surface area (Å²) < 4.78 is 0. The van der Waals surface area contributed by atoms with Crippen LogP contribution in [0.15, 0.2) is 12.2 Å². The number of aliphatic hydroxyl groups is 1. The fourth-order valence-electron chi connectivity index (χ4n) is 2.36. The molecule has 2 nitrogen and oxygen atoms in total. The van der Waals surface area contributed by atoms with Gasteiger partial charge in [-0.3, -0.25) is 4.79 Å². The van der Waals surface area contributed by atoms with Gasteiger partial charge in [-0.05, 0) is 26.2 Å². The average Bonchev–Trinajstić information content (AvgIpc) is 2.30. The van der Waals surface area contributed by atoms with Crippen molar-refractivity contribution in [1.29, 1.82) is 0 Å². The van der Waals surface area contributed by atoms with Crippen LogP contribution in [0.5, 0.6) is 0 Å². The highest BCUT2D eigenvalue weighted by Crippen LogP contribution is 2.49. The van der Waals surface area contributed by atoms with Crippen molar-refractivity contribution in [3.05, 3.63) is 12.2 Å². The van der Waals surface area contributed by atoms with Gasteiger partial charge in [-0.25, -0.2) is 0 Å². The Bertz CT molecular complexity index is 257. The van der Waals surface area contributed by atoms with Crippen LogP contribution >= 0.6 is 0 Å². The summed E-state index contributed by atoms with van der Waals surface area (Å²) in [5.41, 5.74) is -1.34. The van der Waals surface area contributed by atoms with Gasteiger partial charge in [0.25, 0.3) is 0 Å². The number of carbonyl (C=O) groups excluding carboxylic acids is 1. The van der Waals surface area contributed by atoms with E-state index in [9.17, 15) is 9.90 Å². The van der Waals surface area contributed by atoms with Crippen LogP contribution in [0.2, 0.25) is 0 Å². The SMILES string of the molecule is CC12CC=CC1(O)CCCC2=O. The summed E-state index contributed by atoms with van der Waals surface area (Å²) in [5, 5.41) is 10.1. The second-order valence-corrected chi connectivity index (χ2v) is 4.14. The van der Waals surface area contributed by atoms with Crippen LogP contribution in [0.25, 0.3) is 0 Å². The zero-order chi connectivity index (χ0) is 8.82. The molecule has 12 heavy (non-hydrogen) atoms. The number of fused-ring (bicyclic) bond motifs is 1. The molecule has 0 spiro atoms. The van der Waals surface area contributed by atoms with Crippen molar-refractivity contribution in [2.45, 2.75) is 38.2 Å². The predicted octanol–water partition coefficient (Wildman–Crippen LogP) is 1.44. The predicted molar refractivity (Wildman–Crippen MR) is 45.7 cm³/mol. The lowest BCUT2D eigenvalue weighted by Crippen LogP contribution is -2.50. The third kappa shape index (κ3) is 0.761. The number of hydrogen-bond acceptors (Lipinski definition) is 2. The fraction of sp³-hybridized carbons (Fsp3) is 0.700. The third-order valence-corrected chi connectivity index (χ3v) is 3.45. The Morgan fingerprint density at radius 1 is 1.58 bits per heavy atom. The first-order valence-electron chi connectivity index (χ1n) is 4.52. The van der Waals surface area contributed by atoms with E-state index in [2.05, 4.69) is 0 Å². The maximum atomic E-state index is 11.6. The minimum Gasteiger partial charge on any atom is -0.385 e. The summed E-state index contributed by atoms with van der Waals surface area (Å²) in [6.07, 6.45) is 6.66. The second kappa shape index (κ2) is 2.19. The number of rotatable bonds is 0. The number of Topliss-reactive ketones (excluding diaryl/α,β-unsaturated/α-hetero) is 1. The van der Waals surface area contributed by atoms with Crippen molar-refractivity contribution in [3.63, 3.8) is 0 Å². The lowest BCUT2D eigenvalue weighted by atomic mass is 9.65. The van der Waals surface area contributed by atoms with Crippen molar-refractivity contribution in [3.8, 4) is 0 Å². The zero-order valence-electron chi connectivity index (χ0n) is 7.34. The van der Waals surface area contributed by atoms with E-state index in [1.165, 1.54) is 0 Å². The van der Waals surface area contributed by atoms with Crippen molar-refractivity contribution < 1.29 is 9.90 Å². The molecule has 0 amide bonds. The summed E-state index contributed by atoms with van der Waals surface area (Å²) in [5.74, 6) is 0.223. The summed E-state index contributed by atoms with van der Waals surface area (Å²) in [6.45, 7) is 1.88. The van der Waals surface area contributed by atoms with Crippen LogP contribution in [0, 0.1) is 5.41 Å². The van der Waals surface area contributed by atoms with Crippen molar-refractivity contribution in [2.24, 2.45) is 5.41 Å². The summed E-state index contributed by atoms with van der Waals surface area (Å²) >= 11 is 0. The first-order chi connectivity index (χ1) is 5.58. The van der Waals surface area contributed by atoms with Gasteiger partial charge in [-0.1, -0.05) is 12.2 Å². The van der Waals surface area contributed by atoms with Crippen LogP contribution in [0.4, 0.5) is 0 Å². The normalized spacial score (nSPS) is 46.3. The molecule has 0 aromatic rings. The maximum absolute atomic E-state index is 11.6. The van der Waals surface area contributed by atoms with E-state index in [0.29, 0.717) is 12.8 Å². The van der Waals surface area contributed by atoms with Gasteiger partial charge in [-0.15, -0.1) is 0 Å². The Labute approximate surface area is 72.3 Å². The summed E-state index contributed by atoms with van der Waals surface area (Å²) in [6, 6.07) is 0. The Kier molecular flexibility index (Phi) is 1.46. The minimum absolute atomic E-state index is 0.223. The molecule has 2 atom stereocenters. The topological polar surface area (TPSA) is 37.3 Å². The molecule has 0 radical (unpaired) electrons. The monoisotopic (exact) mass is 166 g/mol. The Hall–Kier alpha value is -0.630. The number of carbonyl (C=O) groups is 1. The molecule has 2 rings (SSSR count). The molecular formula is C10H14O2. The molecule has 0 saturated heterocycles. The van der Waals surface area contributed by atoms with Crippen LogP contribution in [-0.4, -0.2) is 16.5 Å². The first-order valence-corrected chi connectivity index (χ1v) is 4.52. The quantitative estimate of drug-likeness (QED) is 0.553. The minimum atomic E-state index is -0.831. The fourth-order valence-corrected chi connectivity index (χ4v) is 2.36. The maximum Gasteiger partial charge on any atom is 0.142 e. The molecule has 1 N–H and O–H groups in total. The molecule has 2 heteroatoms. The average molecular weight is 166 g/mol. The van der Waals surface area contributed by atoms with Crippen LogP contribution in [0.1, 0.15) is 32.6 Å². The van der Waals surface area contributed by atoms with E-state index >= 15 is 0 Å². The van der Waals surface area contributed by atoms with E-state index < -0.39 is 11.0 Å². The molecule has 1 fully saturated rings. The highest BCUT2D eigenvalue weighted by atomic mass is 16.3. The molecule has 2 aliphatic carbocycles. The van der Waals surface area contributed by atoms with Crippen LogP contribution in [0.3, 0.4) is 0 Å². The van der Waals surface area contributed by atoms with Gasteiger partial charge in [0, 0.05) is 6.42 Å². The number of allylic oxidation sites excluding steroid dienone is 1. The van der Waals surface area contributed by atoms with Gasteiger partial charge < -0.3 is 5.11 Å². The molecule has 1 saturated carbocycles. The Balaban J connectivity index is 2.40. The van der Waals surface area contributed by atoms with Gasteiger partial charge in [0.05, 0.1) is 11.0 Å².